The number of hydrogen-bond acceptors (Lipinski definition) is 4. The lowest BCUT2D eigenvalue weighted by atomic mass is 9.96. The number of nitrogens with one attached hydrogen (secondary N) is 2. The van der Waals surface area contributed by atoms with Gasteiger partial charge in [0.1, 0.15) is 11.8 Å². The maximum absolute atomic E-state index is 12.9. The molecule has 0 heterocycles. The Kier molecular flexibility index (Phi) is 7.77. The van der Waals surface area contributed by atoms with Crippen LogP contribution in [0.25, 0.3) is 0 Å². The van der Waals surface area contributed by atoms with E-state index in [-0.39, 0.29) is 24.4 Å². The number of halogens is 1. The van der Waals surface area contributed by atoms with Crippen LogP contribution >= 0.6 is 15.9 Å². The minimum absolute atomic E-state index is 0.133. The molecule has 2 amide bonds. The van der Waals surface area contributed by atoms with Crippen LogP contribution in [-0.2, 0) is 4.79 Å². The number of benzene rings is 3. The molecule has 0 fully saturated rings. The summed E-state index contributed by atoms with van der Waals surface area (Å²) in [7, 11) is 1.58. The van der Waals surface area contributed by atoms with Crippen molar-refractivity contribution in [2.75, 3.05) is 19.0 Å². The molecule has 6 N–H and O–H groups in total. The highest BCUT2D eigenvalue weighted by atomic mass is 79.9. The SMILES string of the molecule is COc1ccc(C(=O)Nc2ccc(Br)cc2[C@H]([NH2+]CC(=O)NN)c2ccccc2)cc1. The molecule has 31 heavy (non-hydrogen) atoms. The van der Waals surface area contributed by atoms with Crippen molar-refractivity contribution in [3.8, 4) is 5.75 Å². The van der Waals surface area contributed by atoms with E-state index in [1.54, 1.807) is 31.4 Å². The van der Waals surface area contributed by atoms with Crippen LogP contribution in [0.2, 0.25) is 0 Å². The highest BCUT2D eigenvalue weighted by Gasteiger charge is 2.23. The molecule has 0 aliphatic rings. The Morgan fingerprint density at radius 1 is 1.06 bits per heavy atom. The van der Waals surface area contributed by atoms with Crippen molar-refractivity contribution < 1.29 is 19.6 Å². The molecule has 0 aromatic heterocycles. The largest absolute Gasteiger partial charge is 0.497 e. The molecule has 0 saturated carbocycles. The highest BCUT2D eigenvalue weighted by Crippen LogP contribution is 2.29. The molecule has 7 nitrogen and oxygen atoms in total. The summed E-state index contributed by atoms with van der Waals surface area (Å²) in [4.78, 5) is 24.7. The smallest absolute Gasteiger partial charge is 0.288 e. The molecule has 0 saturated heterocycles. The summed E-state index contributed by atoms with van der Waals surface area (Å²) in [6.07, 6.45) is 0. The molecule has 0 unspecified atom stereocenters. The molecule has 0 aliphatic carbocycles. The van der Waals surface area contributed by atoms with Crippen LogP contribution in [0.15, 0.2) is 77.3 Å². The predicted octanol–water partition coefficient (Wildman–Crippen LogP) is 2.35. The van der Waals surface area contributed by atoms with Crippen molar-refractivity contribution in [3.63, 3.8) is 0 Å². The normalized spacial score (nSPS) is 11.5. The third-order valence-corrected chi connectivity index (χ3v) is 5.30. The third kappa shape index (κ3) is 5.91. The molecule has 0 aliphatic heterocycles. The Balaban J connectivity index is 1.94. The van der Waals surface area contributed by atoms with Crippen LogP contribution in [0.3, 0.4) is 0 Å². The molecule has 3 rings (SSSR count). The number of carbonyl (C=O) groups is 2. The Morgan fingerprint density at radius 3 is 2.42 bits per heavy atom. The topological polar surface area (TPSA) is 110 Å². The third-order valence-electron chi connectivity index (χ3n) is 4.81. The van der Waals surface area contributed by atoms with E-state index >= 15 is 0 Å². The fraction of sp³-hybridized carbons (Fsp3) is 0.130. The number of carbonyl (C=O) groups excluding carboxylic acids is 2. The fourth-order valence-electron chi connectivity index (χ4n) is 3.23. The molecule has 160 valence electrons. The molecule has 8 heteroatoms. The quantitative estimate of drug-likeness (QED) is 0.224. The highest BCUT2D eigenvalue weighted by molar-refractivity contribution is 9.10. The average Bonchev–Trinajstić information content (AvgIpc) is 2.81. The lowest BCUT2D eigenvalue weighted by molar-refractivity contribution is -0.676. The summed E-state index contributed by atoms with van der Waals surface area (Å²) in [5, 5.41) is 4.87. The van der Waals surface area contributed by atoms with E-state index in [9.17, 15) is 9.59 Å². The molecular formula is C23H24BrN4O3+. The van der Waals surface area contributed by atoms with Crippen molar-refractivity contribution in [1.82, 2.24) is 5.43 Å². The summed E-state index contributed by atoms with van der Waals surface area (Å²) >= 11 is 3.52. The number of amides is 2. The number of ether oxygens (including phenoxy) is 1. The number of rotatable bonds is 8. The number of hydrogen-bond donors (Lipinski definition) is 4. The lowest BCUT2D eigenvalue weighted by Crippen LogP contribution is -2.88. The summed E-state index contributed by atoms with van der Waals surface area (Å²) in [6, 6.07) is 22.1. The predicted molar refractivity (Wildman–Crippen MR) is 122 cm³/mol. The van der Waals surface area contributed by atoms with Crippen LogP contribution < -0.4 is 26.6 Å². The van der Waals surface area contributed by atoms with E-state index in [0.717, 1.165) is 15.6 Å². The Bertz CT molecular complexity index is 1040. The number of anilines is 1. The summed E-state index contributed by atoms with van der Waals surface area (Å²) < 4.78 is 6.02. The monoisotopic (exact) mass is 483 g/mol. The first-order valence-electron chi connectivity index (χ1n) is 9.64. The molecule has 3 aromatic rings. The van der Waals surface area contributed by atoms with Gasteiger partial charge in [0.2, 0.25) is 0 Å². The van der Waals surface area contributed by atoms with Gasteiger partial charge < -0.3 is 15.4 Å². The number of hydrazine groups is 1. The van der Waals surface area contributed by atoms with Gasteiger partial charge in [0.15, 0.2) is 6.54 Å². The second kappa shape index (κ2) is 10.7. The number of methoxy groups -OCH3 is 1. The maximum atomic E-state index is 12.9. The van der Waals surface area contributed by atoms with E-state index in [4.69, 9.17) is 10.6 Å². The van der Waals surface area contributed by atoms with Gasteiger partial charge in [0, 0.05) is 21.2 Å². The van der Waals surface area contributed by atoms with Gasteiger partial charge in [-0.2, -0.15) is 0 Å². The molecule has 0 radical (unpaired) electrons. The van der Waals surface area contributed by atoms with Crippen molar-refractivity contribution in [2.45, 2.75) is 6.04 Å². The molecule has 1 atom stereocenters. The van der Waals surface area contributed by atoms with Gasteiger partial charge in [0.25, 0.3) is 11.8 Å². The van der Waals surface area contributed by atoms with Crippen molar-refractivity contribution in [2.24, 2.45) is 5.84 Å². The number of quaternary nitrogens is 1. The van der Waals surface area contributed by atoms with Gasteiger partial charge in [-0.3, -0.25) is 15.0 Å². The zero-order chi connectivity index (χ0) is 22.2. The van der Waals surface area contributed by atoms with Crippen LogP contribution in [0.4, 0.5) is 5.69 Å². The first kappa shape index (κ1) is 22.5. The van der Waals surface area contributed by atoms with E-state index in [0.29, 0.717) is 17.0 Å². The van der Waals surface area contributed by atoms with Crippen LogP contribution in [0.1, 0.15) is 27.5 Å². The molecule has 3 aromatic carbocycles. The van der Waals surface area contributed by atoms with Gasteiger partial charge in [-0.25, -0.2) is 5.84 Å². The summed E-state index contributed by atoms with van der Waals surface area (Å²) in [6.45, 7) is 0.133. The minimum atomic E-state index is -0.292. The van der Waals surface area contributed by atoms with E-state index in [2.05, 4.69) is 26.7 Å². The standard InChI is InChI=1S/C23H23BrN4O3/c1-31-18-10-7-16(8-11-18)23(30)27-20-12-9-17(24)13-19(20)22(26-14-21(29)28-25)15-5-3-2-4-6-15/h2-13,22,26H,14,25H2,1H3,(H,27,30)(H,28,29)/p+1/t22-/m1/s1. The Labute approximate surface area is 189 Å². The van der Waals surface area contributed by atoms with Crippen LogP contribution in [0.5, 0.6) is 5.75 Å². The summed E-state index contributed by atoms with van der Waals surface area (Å²) in [5.41, 5.74) is 5.16. The first-order valence-corrected chi connectivity index (χ1v) is 10.4. The number of nitrogens with two attached hydrogens (primary N) is 2. The molecule has 0 spiro atoms. The minimum Gasteiger partial charge on any atom is -0.497 e. The zero-order valence-electron chi connectivity index (χ0n) is 17.0. The molecule has 0 bridgehead atoms. The fourth-order valence-corrected chi connectivity index (χ4v) is 3.61. The van der Waals surface area contributed by atoms with Crippen molar-refractivity contribution in [3.05, 3.63) is 94.0 Å². The maximum Gasteiger partial charge on any atom is 0.288 e. The van der Waals surface area contributed by atoms with Crippen LogP contribution in [0, 0.1) is 0 Å². The zero-order valence-corrected chi connectivity index (χ0v) is 18.6. The van der Waals surface area contributed by atoms with E-state index in [1.165, 1.54) is 0 Å². The van der Waals surface area contributed by atoms with E-state index < -0.39 is 0 Å². The van der Waals surface area contributed by atoms with Gasteiger partial charge in [-0.1, -0.05) is 46.3 Å². The summed E-state index contributed by atoms with van der Waals surface area (Å²) in [5.74, 6) is 5.40. The van der Waals surface area contributed by atoms with Crippen molar-refractivity contribution >= 4 is 33.4 Å². The van der Waals surface area contributed by atoms with Gasteiger partial charge in [0.05, 0.1) is 12.8 Å². The molecular weight excluding hydrogens is 460 g/mol. The van der Waals surface area contributed by atoms with Gasteiger partial charge >= 0.3 is 0 Å². The van der Waals surface area contributed by atoms with Crippen molar-refractivity contribution in [1.29, 1.82) is 0 Å². The Morgan fingerprint density at radius 2 is 1.77 bits per heavy atom. The second-order valence-corrected chi connectivity index (χ2v) is 7.73. The van der Waals surface area contributed by atoms with Crippen LogP contribution in [-0.4, -0.2) is 25.5 Å². The second-order valence-electron chi connectivity index (χ2n) is 6.81. The average molecular weight is 484 g/mol. The lowest BCUT2D eigenvalue weighted by Gasteiger charge is -2.20. The first-order chi connectivity index (χ1) is 15.0. The van der Waals surface area contributed by atoms with Gasteiger partial charge in [-0.15, -0.1) is 0 Å². The Hall–Kier alpha value is -3.20. The van der Waals surface area contributed by atoms with E-state index in [1.807, 2.05) is 53.8 Å². The van der Waals surface area contributed by atoms with Gasteiger partial charge in [-0.05, 0) is 42.5 Å².